The van der Waals surface area contributed by atoms with Crippen molar-refractivity contribution in [1.29, 1.82) is 0 Å². The predicted octanol–water partition coefficient (Wildman–Crippen LogP) is 2.43. The Morgan fingerprint density at radius 3 is 2.77 bits per heavy atom. The van der Waals surface area contributed by atoms with Gasteiger partial charge in [-0.2, -0.15) is 0 Å². The monoisotopic (exact) mass is 322 g/mol. The van der Waals surface area contributed by atoms with Gasteiger partial charge < -0.3 is 4.74 Å². The molecule has 0 fully saturated rings. The third-order valence-corrected chi connectivity index (χ3v) is 5.26. The van der Waals surface area contributed by atoms with Crippen molar-refractivity contribution in [2.75, 3.05) is 17.5 Å². The molecule has 22 heavy (non-hydrogen) atoms. The van der Waals surface area contributed by atoms with Crippen molar-refractivity contribution in [3.8, 4) is 5.88 Å². The fourth-order valence-electron chi connectivity index (χ4n) is 2.34. The Bertz CT molecular complexity index is 837. The molecule has 0 bridgehead atoms. The lowest BCUT2D eigenvalue weighted by Crippen LogP contribution is -2.38. The van der Waals surface area contributed by atoms with Gasteiger partial charge in [0.1, 0.15) is 23.0 Å². The molecule has 0 N–H and O–H groups in total. The molecule has 116 valence electrons. The number of benzene rings is 1. The maximum Gasteiger partial charge on any atom is 0.267 e. The van der Waals surface area contributed by atoms with Crippen molar-refractivity contribution >= 4 is 15.7 Å². The highest BCUT2D eigenvalue weighted by Gasteiger charge is 2.32. The minimum absolute atomic E-state index is 0.119. The molecule has 5 nitrogen and oxygen atoms in total. The molecule has 2 aromatic rings. The molecule has 0 saturated heterocycles. The van der Waals surface area contributed by atoms with E-state index in [0.717, 1.165) is 16.1 Å². The molecule has 7 heteroatoms. The number of hydrogen-bond acceptors (Lipinski definition) is 4. The first-order valence-electron chi connectivity index (χ1n) is 6.79. The number of nitrogens with zero attached hydrogens (tertiary/aromatic N) is 2. The van der Waals surface area contributed by atoms with Crippen molar-refractivity contribution in [1.82, 2.24) is 4.98 Å². The van der Waals surface area contributed by atoms with Crippen LogP contribution in [0.5, 0.6) is 5.88 Å². The van der Waals surface area contributed by atoms with Gasteiger partial charge in [-0.15, -0.1) is 0 Å². The number of halogens is 1. The minimum Gasteiger partial charge on any atom is -0.474 e. The van der Waals surface area contributed by atoms with E-state index in [1.165, 1.54) is 12.1 Å². The smallest absolute Gasteiger partial charge is 0.267 e. The fourth-order valence-corrected chi connectivity index (χ4v) is 3.94. The quantitative estimate of drug-likeness (QED) is 0.852. The molecular weight excluding hydrogens is 307 g/mol. The van der Waals surface area contributed by atoms with Crippen LogP contribution in [0.1, 0.15) is 11.3 Å². The summed E-state index contributed by atoms with van der Waals surface area (Å²) in [6.45, 7) is 3.80. The summed E-state index contributed by atoms with van der Waals surface area (Å²) in [4.78, 5) is 3.86. The number of fused-ring (bicyclic) bond motifs is 1. The second kappa shape index (κ2) is 5.24. The van der Waals surface area contributed by atoms with E-state index in [1.807, 2.05) is 0 Å². The highest BCUT2D eigenvalue weighted by Crippen LogP contribution is 2.34. The summed E-state index contributed by atoms with van der Waals surface area (Å²) >= 11 is 0. The van der Waals surface area contributed by atoms with Gasteiger partial charge in [-0.25, -0.2) is 17.8 Å². The van der Waals surface area contributed by atoms with Crippen molar-refractivity contribution in [2.45, 2.75) is 18.7 Å². The summed E-state index contributed by atoms with van der Waals surface area (Å²) in [5.74, 6) is -0.512. The van der Waals surface area contributed by atoms with Crippen molar-refractivity contribution in [3.05, 3.63) is 47.4 Å². The van der Waals surface area contributed by atoms with Gasteiger partial charge in [0.15, 0.2) is 0 Å². The number of aryl methyl sites for hydroxylation is 2. The average Bonchev–Trinajstić information content (AvgIpc) is 2.48. The van der Waals surface area contributed by atoms with E-state index >= 15 is 0 Å². The van der Waals surface area contributed by atoms with Crippen LogP contribution < -0.4 is 9.04 Å². The van der Waals surface area contributed by atoms with Gasteiger partial charge in [-0.1, -0.05) is 6.07 Å². The minimum atomic E-state index is -4.00. The molecule has 0 unspecified atom stereocenters. The zero-order valence-electron chi connectivity index (χ0n) is 12.2. The van der Waals surface area contributed by atoms with Crippen LogP contribution in [0.2, 0.25) is 0 Å². The molecule has 3 rings (SSSR count). The number of hydrogen-bond donors (Lipinski definition) is 0. The lowest BCUT2D eigenvalue weighted by Gasteiger charge is -2.29. The molecule has 0 saturated carbocycles. The van der Waals surface area contributed by atoms with E-state index in [9.17, 15) is 12.8 Å². The lowest BCUT2D eigenvalue weighted by molar-refractivity contribution is 0.302. The molecule has 1 aliphatic rings. The zero-order valence-corrected chi connectivity index (χ0v) is 13.0. The first kappa shape index (κ1) is 14.8. The van der Waals surface area contributed by atoms with Crippen LogP contribution in [-0.2, 0) is 10.0 Å². The second-order valence-corrected chi connectivity index (χ2v) is 6.97. The Hall–Kier alpha value is -2.15. The number of rotatable bonds is 2. The lowest BCUT2D eigenvalue weighted by atomic mass is 10.2. The number of anilines is 1. The van der Waals surface area contributed by atoms with Crippen LogP contribution in [0.4, 0.5) is 10.1 Å². The first-order chi connectivity index (χ1) is 10.4. The summed E-state index contributed by atoms with van der Waals surface area (Å²) in [6.07, 6.45) is 0. The normalized spacial score (nSPS) is 14.4. The Balaban J connectivity index is 2.14. The third-order valence-electron chi connectivity index (χ3n) is 3.44. The first-order valence-corrected chi connectivity index (χ1v) is 8.23. The molecule has 1 aromatic heterocycles. The number of sulfonamides is 1. The van der Waals surface area contributed by atoms with Crippen molar-refractivity contribution in [3.63, 3.8) is 0 Å². The predicted molar refractivity (Wildman–Crippen MR) is 80.1 cm³/mol. The van der Waals surface area contributed by atoms with Crippen LogP contribution in [0, 0.1) is 19.7 Å². The van der Waals surface area contributed by atoms with Crippen molar-refractivity contribution in [2.24, 2.45) is 0 Å². The van der Waals surface area contributed by atoms with E-state index in [-0.39, 0.29) is 23.9 Å². The maximum absolute atomic E-state index is 14.0. The Morgan fingerprint density at radius 2 is 2.00 bits per heavy atom. The Kier molecular flexibility index (Phi) is 3.52. The van der Waals surface area contributed by atoms with Crippen LogP contribution in [0.25, 0.3) is 0 Å². The standard InChI is InChI=1S/C15H15FN2O3S/c1-10-3-5-12(16)14(9-10)22(19,20)18-7-8-21-15-13(18)6-4-11(2)17-15/h3-6,9H,7-8H2,1-2H3. The Labute approximate surface area is 128 Å². The SMILES string of the molecule is Cc1ccc(F)c(S(=O)(=O)N2CCOc3nc(C)ccc32)c1. The zero-order chi connectivity index (χ0) is 15.9. The summed E-state index contributed by atoms with van der Waals surface area (Å²) in [5, 5.41) is 0. The van der Waals surface area contributed by atoms with E-state index in [1.54, 1.807) is 26.0 Å². The Morgan fingerprint density at radius 1 is 1.23 bits per heavy atom. The molecule has 1 aromatic carbocycles. The molecular formula is C15H15FN2O3S. The van der Waals surface area contributed by atoms with Gasteiger partial charge >= 0.3 is 0 Å². The van der Waals surface area contributed by atoms with E-state index in [4.69, 9.17) is 4.74 Å². The topological polar surface area (TPSA) is 59.5 Å². The molecule has 0 spiro atoms. The molecule has 0 radical (unpaired) electrons. The number of pyridine rings is 1. The van der Waals surface area contributed by atoms with Gasteiger partial charge in [0, 0.05) is 5.69 Å². The van der Waals surface area contributed by atoms with Crippen LogP contribution in [0.3, 0.4) is 0 Å². The van der Waals surface area contributed by atoms with Crippen LogP contribution >= 0.6 is 0 Å². The summed E-state index contributed by atoms with van der Waals surface area (Å²) in [6, 6.07) is 7.36. The number of ether oxygens (including phenoxy) is 1. The fraction of sp³-hybridized carbons (Fsp3) is 0.267. The van der Waals surface area contributed by atoms with Gasteiger partial charge in [0.2, 0.25) is 5.88 Å². The highest BCUT2D eigenvalue weighted by atomic mass is 32.2. The van der Waals surface area contributed by atoms with Gasteiger partial charge in [-0.05, 0) is 43.7 Å². The van der Waals surface area contributed by atoms with Crippen molar-refractivity contribution < 1.29 is 17.5 Å². The molecule has 0 atom stereocenters. The van der Waals surface area contributed by atoms with Gasteiger partial charge in [0.25, 0.3) is 10.0 Å². The van der Waals surface area contributed by atoms with E-state index in [0.29, 0.717) is 11.3 Å². The van der Waals surface area contributed by atoms with E-state index in [2.05, 4.69) is 4.98 Å². The molecule has 2 heterocycles. The van der Waals surface area contributed by atoms with Gasteiger partial charge in [0.05, 0.1) is 6.54 Å². The number of aromatic nitrogens is 1. The van der Waals surface area contributed by atoms with E-state index < -0.39 is 15.8 Å². The summed E-state index contributed by atoms with van der Waals surface area (Å²) < 4.78 is 46.2. The van der Waals surface area contributed by atoms with Crippen LogP contribution in [0.15, 0.2) is 35.2 Å². The van der Waals surface area contributed by atoms with Crippen LogP contribution in [-0.4, -0.2) is 26.6 Å². The maximum atomic E-state index is 14.0. The highest BCUT2D eigenvalue weighted by molar-refractivity contribution is 7.92. The summed E-state index contributed by atoms with van der Waals surface area (Å²) in [7, 11) is -4.00. The third kappa shape index (κ3) is 2.41. The largest absolute Gasteiger partial charge is 0.474 e. The van der Waals surface area contributed by atoms with Gasteiger partial charge in [-0.3, -0.25) is 4.31 Å². The average molecular weight is 322 g/mol. The molecule has 0 amide bonds. The second-order valence-electron chi connectivity index (χ2n) is 5.14. The summed E-state index contributed by atoms with van der Waals surface area (Å²) in [5.41, 5.74) is 1.73. The molecule has 0 aliphatic carbocycles. The molecule has 1 aliphatic heterocycles.